The molecule has 19 heavy (non-hydrogen) atoms. The fraction of sp³-hybridized carbons (Fsp3) is 0.0833. The van der Waals surface area contributed by atoms with Crippen LogP contribution in [0.15, 0.2) is 41.6 Å². The van der Waals surface area contributed by atoms with Crippen LogP contribution in [0, 0.1) is 5.82 Å². The highest BCUT2D eigenvalue weighted by Gasteiger charge is 2.22. The SMILES string of the molecule is Nc1cccnc1S(=O)(=O)Cc1cccc(Cl)c1F. The molecule has 0 bridgehead atoms. The van der Waals surface area contributed by atoms with Crippen LogP contribution in [0.1, 0.15) is 5.56 Å². The van der Waals surface area contributed by atoms with Crippen molar-refractivity contribution in [2.75, 3.05) is 5.73 Å². The molecule has 0 radical (unpaired) electrons. The number of benzene rings is 1. The maximum Gasteiger partial charge on any atom is 0.201 e. The van der Waals surface area contributed by atoms with E-state index in [0.717, 1.165) is 0 Å². The van der Waals surface area contributed by atoms with E-state index in [-0.39, 0.29) is 21.3 Å². The summed E-state index contributed by atoms with van der Waals surface area (Å²) in [5.41, 5.74) is 5.58. The minimum Gasteiger partial charge on any atom is -0.396 e. The van der Waals surface area contributed by atoms with Crippen LogP contribution in [0.2, 0.25) is 5.02 Å². The molecule has 0 atom stereocenters. The predicted octanol–water partition coefficient (Wildman–Crippen LogP) is 2.43. The first kappa shape index (κ1) is 13.8. The zero-order valence-corrected chi connectivity index (χ0v) is 11.2. The monoisotopic (exact) mass is 300 g/mol. The van der Waals surface area contributed by atoms with E-state index in [1.165, 1.54) is 36.5 Å². The molecule has 0 unspecified atom stereocenters. The summed E-state index contributed by atoms with van der Waals surface area (Å²) in [6.45, 7) is 0. The summed E-state index contributed by atoms with van der Waals surface area (Å²) >= 11 is 5.61. The van der Waals surface area contributed by atoms with Crippen molar-refractivity contribution in [3.63, 3.8) is 0 Å². The van der Waals surface area contributed by atoms with Crippen molar-refractivity contribution in [2.24, 2.45) is 0 Å². The largest absolute Gasteiger partial charge is 0.396 e. The van der Waals surface area contributed by atoms with Gasteiger partial charge in [-0.25, -0.2) is 17.8 Å². The van der Waals surface area contributed by atoms with Crippen LogP contribution in [0.4, 0.5) is 10.1 Å². The van der Waals surface area contributed by atoms with Crippen LogP contribution in [-0.2, 0) is 15.6 Å². The maximum absolute atomic E-state index is 13.7. The highest BCUT2D eigenvalue weighted by molar-refractivity contribution is 7.90. The van der Waals surface area contributed by atoms with Gasteiger partial charge in [-0.1, -0.05) is 23.7 Å². The Morgan fingerprint density at radius 2 is 2.00 bits per heavy atom. The van der Waals surface area contributed by atoms with Crippen molar-refractivity contribution < 1.29 is 12.8 Å². The number of sulfone groups is 1. The topological polar surface area (TPSA) is 73.0 Å². The zero-order valence-electron chi connectivity index (χ0n) is 9.68. The van der Waals surface area contributed by atoms with Crippen LogP contribution in [0.3, 0.4) is 0 Å². The first-order valence-corrected chi connectivity index (χ1v) is 7.31. The zero-order chi connectivity index (χ0) is 14.0. The Morgan fingerprint density at radius 3 is 2.68 bits per heavy atom. The van der Waals surface area contributed by atoms with Crippen molar-refractivity contribution in [1.29, 1.82) is 0 Å². The third-order valence-corrected chi connectivity index (χ3v) is 4.39. The number of hydrogen-bond acceptors (Lipinski definition) is 4. The van der Waals surface area contributed by atoms with Gasteiger partial charge in [0.25, 0.3) is 0 Å². The Bertz CT molecular complexity index is 719. The van der Waals surface area contributed by atoms with E-state index in [0.29, 0.717) is 0 Å². The quantitative estimate of drug-likeness (QED) is 0.945. The summed E-state index contributed by atoms with van der Waals surface area (Å²) in [5.74, 6) is -1.29. The average molecular weight is 301 g/mol. The van der Waals surface area contributed by atoms with Gasteiger partial charge in [-0.05, 0) is 18.2 Å². The number of nitrogens with zero attached hydrogens (tertiary/aromatic N) is 1. The van der Waals surface area contributed by atoms with Crippen molar-refractivity contribution in [3.05, 3.63) is 52.9 Å². The molecule has 0 saturated carbocycles. The molecule has 0 saturated heterocycles. The highest BCUT2D eigenvalue weighted by Crippen LogP contribution is 2.24. The van der Waals surface area contributed by atoms with Crippen molar-refractivity contribution in [1.82, 2.24) is 4.98 Å². The lowest BCUT2D eigenvalue weighted by Crippen LogP contribution is -2.11. The smallest absolute Gasteiger partial charge is 0.201 e. The Labute approximate surface area is 115 Å². The Morgan fingerprint density at radius 1 is 1.26 bits per heavy atom. The second kappa shape index (κ2) is 5.14. The molecule has 2 aromatic rings. The molecule has 100 valence electrons. The summed E-state index contributed by atoms with van der Waals surface area (Å²) in [5, 5.41) is -0.379. The number of rotatable bonds is 3. The summed E-state index contributed by atoms with van der Waals surface area (Å²) < 4.78 is 38.0. The number of nitrogen functional groups attached to an aromatic ring is 1. The minimum atomic E-state index is -3.82. The van der Waals surface area contributed by atoms with Gasteiger partial charge in [0.05, 0.1) is 16.5 Å². The molecule has 4 nitrogen and oxygen atoms in total. The number of hydrogen-bond donors (Lipinski definition) is 1. The fourth-order valence-corrected chi connectivity index (χ4v) is 3.21. The van der Waals surface area contributed by atoms with Gasteiger partial charge in [-0.15, -0.1) is 0 Å². The number of nitrogens with two attached hydrogens (primary N) is 1. The first-order chi connectivity index (χ1) is 8.92. The van der Waals surface area contributed by atoms with E-state index in [9.17, 15) is 12.8 Å². The lowest BCUT2D eigenvalue weighted by Gasteiger charge is -2.07. The van der Waals surface area contributed by atoms with Crippen LogP contribution in [-0.4, -0.2) is 13.4 Å². The molecule has 2 rings (SSSR count). The van der Waals surface area contributed by atoms with E-state index in [1.807, 2.05) is 0 Å². The van der Waals surface area contributed by atoms with Crippen LogP contribution < -0.4 is 5.73 Å². The Kier molecular flexibility index (Phi) is 3.73. The maximum atomic E-state index is 13.7. The molecule has 1 aromatic heterocycles. The summed E-state index contributed by atoms with van der Waals surface area (Å²) in [6.07, 6.45) is 1.32. The molecular formula is C12H10ClFN2O2S. The van der Waals surface area contributed by atoms with Gasteiger partial charge < -0.3 is 5.73 Å². The second-order valence-corrected chi connectivity index (χ2v) is 6.18. The summed E-state index contributed by atoms with van der Waals surface area (Å²) in [4.78, 5) is 3.73. The van der Waals surface area contributed by atoms with Crippen molar-refractivity contribution in [2.45, 2.75) is 10.8 Å². The number of aromatic nitrogens is 1. The Balaban J connectivity index is 2.43. The number of halogens is 2. The van der Waals surface area contributed by atoms with Crippen molar-refractivity contribution >= 4 is 27.1 Å². The van der Waals surface area contributed by atoms with Gasteiger partial charge in [0.15, 0.2) is 5.03 Å². The van der Waals surface area contributed by atoms with Crippen LogP contribution in [0.25, 0.3) is 0 Å². The lowest BCUT2D eigenvalue weighted by molar-refractivity contribution is 0.584. The normalized spacial score (nSPS) is 11.5. The lowest BCUT2D eigenvalue weighted by atomic mass is 10.2. The molecule has 0 amide bonds. The fourth-order valence-electron chi connectivity index (χ4n) is 1.60. The van der Waals surface area contributed by atoms with Gasteiger partial charge in [-0.3, -0.25) is 0 Å². The van der Waals surface area contributed by atoms with E-state index in [2.05, 4.69) is 4.98 Å². The molecule has 0 fully saturated rings. The minimum absolute atomic E-state index is 0.0162. The van der Waals surface area contributed by atoms with E-state index in [1.54, 1.807) is 0 Å². The Hall–Kier alpha value is -1.66. The third kappa shape index (κ3) is 2.85. The molecule has 0 aliphatic rings. The molecule has 7 heteroatoms. The standard InChI is InChI=1S/C12H10ClFN2O2S/c13-9-4-1-3-8(11(9)14)7-19(17,18)12-10(15)5-2-6-16-12/h1-6H,7,15H2. The number of pyridine rings is 1. The third-order valence-electron chi connectivity index (χ3n) is 2.47. The van der Waals surface area contributed by atoms with Crippen LogP contribution >= 0.6 is 11.6 Å². The second-order valence-electron chi connectivity index (χ2n) is 3.87. The van der Waals surface area contributed by atoms with Gasteiger partial charge in [0.1, 0.15) is 5.82 Å². The summed E-state index contributed by atoms with van der Waals surface area (Å²) in [6, 6.07) is 7.14. The van der Waals surface area contributed by atoms with Gasteiger partial charge in [0, 0.05) is 11.8 Å². The highest BCUT2D eigenvalue weighted by atomic mass is 35.5. The molecule has 0 aliphatic carbocycles. The van der Waals surface area contributed by atoms with Crippen LogP contribution in [0.5, 0.6) is 0 Å². The molecule has 2 N–H and O–H groups in total. The van der Waals surface area contributed by atoms with E-state index in [4.69, 9.17) is 17.3 Å². The molecule has 0 spiro atoms. The molecule has 1 heterocycles. The van der Waals surface area contributed by atoms with Gasteiger partial charge in [-0.2, -0.15) is 0 Å². The molecule has 0 aliphatic heterocycles. The molecule has 1 aromatic carbocycles. The summed E-state index contributed by atoms with van der Waals surface area (Å²) in [7, 11) is -3.82. The average Bonchev–Trinajstić information content (AvgIpc) is 2.35. The predicted molar refractivity (Wildman–Crippen MR) is 70.9 cm³/mol. The van der Waals surface area contributed by atoms with Gasteiger partial charge >= 0.3 is 0 Å². The first-order valence-electron chi connectivity index (χ1n) is 5.28. The van der Waals surface area contributed by atoms with Crippen molar-refractivity contribution in [3.8, 4) is 0 Å². The number of anilines is 1. The van der Waals surface area contributed by atoms with E-state index < -0.39 is 21.4 Å². The molecular weight excluding hydrogens is 291 g/mol. The van der Waals surface area contributed by atoms with Gasteiger partial charge in [0.2, 0.25) is 9.84 Å². The van der Waals surface area contributed by atoms with E-state index >= 15 is 0 Å².